The minimum atomic E-state index is -4.43. The van der Waals surface area contributed by atoms with Crippen LogP contribution in [0.1, 0.15) is 103 Å². The van der Waals surface area contributed by atoms with Crippen molar-refractivity contribution in [2.24, 2.45) is 0 Å². The van der Waals surface area contributed by atoms with Gasteiger partial charge in [0, 0.05) is 13.0 Å². The van der Waals surface area contributed by atoms with E-state index in [1.807, 2.05) is 0 Å². The van der Waals surface area contributed by atoms with Gasteiger partial charge in [0.05, 0.1) is 6.61 Å². The van der Waals surface area contributed by atoms with Crippen molar-refractivity contribution in [2.75, 3.05) is 13.2 Å². The lowest BCUT2D eigenvalue weighted by Crippen LogP contribution is -2.26. The lowest BCUT2D eigenvalue weighted by molar-refractivity contribution is -0.121. The molecule has 0 bridgehead atoms. The first-order valence-electron chi connectivity index (χ1n) is 10.4. The topological polar surface area (TPSA) is 95.9 Å². The number of hydrogen-bond acceptors (Lipinski definition) is 3. The summed E-state index contributed by atoms with van der Waals surface area (Å²) in [6.45, 7) is 2.21. The first kappa shape index (κ1) is 25.6. The van der Waals surface area contributed by atoms with Gasteiger partial charge in [-0.05, 0) is 6.42 Å². The minimum absolute atomic E-state index is 0.0850. The quantitative estimate of drug-likeness (QED) is 0.210. The molecule has 7 heteroatoms. The summed E-state index contributed by atoms with van der Waals surface area (Å²) in [5.74, 6) is -0.0850. The number of amides is 1. The van der Waals surface area contributed by atoms with Crippen LogP contribution in [0.5, 0.6) is 0 Å². The number of unbranched alkanes of at least 4 members (excludes halogenated alkanes) is 13. The third-order valence-electron chi connectivity index (χ3n) is 4.44. The van der Waals surface area contributed by atoms with Gasteiger partial charge in [-0.1, -0.05) is 90.4 Å². The number of nitrogens with one attached hydrogen (secondary N) is 1. The normalized spacial score (nSPS) is 11.7. The molecule has 0 aromatic heterocycles. The maximum absolute atomic E-state index is 11.5. The van der Waals surface area contributed by atoms with Gasteiger partial charge in [-0.15, -0.1) is 0 Å². The highest BCUT2D eigenvalue weighted by Crippen LogP contribution is 2.35. The fourth-order valence-corrected chi connectivity index (χ4v) is 3.25. The molecule has 26 heavy (non-hydrogen) atoms. The summed E-state index contributed by atoms with van der Waals surface area (Å²) in [7, 11) is -4.43. The fraction of sp³-hybridized carbons (Fsp3) is 0.947. The van der Waals surface area contributed by atoms with E-state index in [0.29, 0.717) is 6.42 Å². The number of phosphoric ester groups is 1. The lowest BCUT2D eigenvalue weighted by atomic mass is 10.0. The van der Waals surface area contributed by atoms with E-state index in [9.17, 15) is 9.36 Å². The SMILES string of the molecule is CCCCCCCCCCCCCCCCC(=O)NCCOP(=O)(O)O. The molecule has 156 valence electrons. The molecular formula is C19H40NO5P. The molecule has 0 rings (SSSR count). The van der Waals surface area contributed by atoms with Gasteiger partial charge in [-0.2, -0.15) is 0 Å². The number of phosphoric acid groups is 1. The molecule has 0 saturated heterocycles. The van der Waals surface area contributed by atoms with Crippen LogP contribution >= 0.6 is 7.82 Å². The molecule has 0 radical (unpaired) electrons. The van der Waals surface area contributed by atoms with Crippen molar-refractivity contribution in [3.63, 3.8) is 0 Å². The van der Waals surface area contributed by atoms with Crippen LogP contribution in [0.3, 0.4) is 0 Å². The number of carbonyl (C=O) groups is 1. The molecule has 0 heterocycles. The van der Waals surface area contributed by atoms with Crippen molar-refractivity contribution in [3.8, 4) is 0 Å². The van der Waals surface area contributed by atoms with Crippen LogP contribution in [-0.4, -0.2) is 28.8 Å². The van der Waals surface area contributed by atoms with E-state index >= 15 is 0 Å². The highest BCUT2D eigenvalue weighted by molar-refractivity contribution is 7.46. The highest BCUT2D eigenvalue weighted by Gasteiger charge is 2.12. The van der Waals surface area contributed by atoms with Gasteiger partial charge >= 0.3 is 7.82 Å². The molecule has 3 N–H and O–H groups in total. The Bertz CT molecular complexity index is 373. The maximum atomic E-state index is 11.5. The van der Waals surface area contributed by atoms with E-state index in [1.165, 1.54) is 77.0 Å². The second-order valence-electron chi connectivity index (χ2n) is 7.02. The second-order valence-corrected chi connectivity index (χ2v) is 8.26. The Morgan fingerprint density at radius 1 is 0.808 bits per heavy atom. The van der Waals surface area contributed by atoms with Crippen LogP contribution in [0.2, 0.25) is 0 Å². The third-order valence-corrected chi connectivity index (χ3v) is 4.96. The van der Waals surface area contributed by atoms with Gasteiger partial charge in [-0.25, -0.2) is 4.57 Å². The third kappa shape index (κ3) is 21.6. The predicted molar refractivity (Wildman–Crippen MR) is 106 cm³/mol. The van der Waals surface area contributed by atoms with Gasteiger partial charge in [0.1, 0.15) is 0 Å². The molecule has 1 amide bonds. The summed E-state index contributed by atoms with van der Waals surface area (Å²) < 4.78 is 14.7. The van der Waals surface area contributed by atoms with Crippen LogP contribution in [0.4, 0.5) is 0 Å². The zero-order chi connectivity index (χ0) is 19.5. The Kier molecular flexibility index (Phi) is 17.7. The first-order chi connectivity index (χ1) is 12.5. The molecule has 0 fully saturated rings. The molecule has 0 atom stereocenters. The average molecular weight is 394 g/mol. The standard InChI is InChI=1S/C19H40NO5P/c1-2-3-4-5-6-7-8-9-10-11-12-13-14-15-16-19(21)20-17-18-25-26(22,23)24/h2-18H2,1H3,(H,20,21)(H2,22,23,24). The van der Waals surface area contributed by atoms with E-state index in [-0.39, 0.29) is 19.1 Å². The Morgan fingerprint density at radius 2 is 1.23 bits per heavy atom. The Morgan fingerprint density at radius 3 is 1.65 bits per heavy atom. The Balaban J connectivity index is 3.19. The molecular weight excluding hydrogens is 353 g/mol. The molecule has 0 unspecified atom stereocenters. The largest absolute Gasteiger partial charge is 0.469 e. The van der Waals surface area contributed by atoms with E-state index in [1.54, 1.807) is 0 Å². The van der Waals surface area contributed by atoms with E-state index in [4.69, 9.17) is 9.79 Å². The van der Waals surface area contributed by atoms with Crippen LogP contribution in [-0.2, 0) is 13.9 Å². The van der Waals surface area contributed by atoms with Gasteiger partial charge in [0.2, 0.25) is 5.91 Å². The van der Waals surface area contributed by atoms with Gasteiger partial charge in [-0.3, -0.25) is 9.32 Å². The zero-order valence-electron chi connectivity index (χ0n) is 16.6. The van der Waals surface area contributed by atoms with Crippen LogP contribution < -0.4 is 5.32 Å². The average Bonchev–Trinajstić information content (AvgIpc) is 2.58. The van der Waals surface area contributed by atoms with Crippen molar-refractivity contribution in [2.45, 2.75) is 103 Å². The highest BCUT2D eigenvalue weighted by atomic mass is 31.2. The van der Waals surface area contributed by atoms with Crippen LogP contribution in [0.25, 0.3) is 0 Å². The smallest absolute Gasteiger partial charge is 0.354 e. The fourth-order valence-electron chi connectivity index (χ4n) is 2.92. The van der Waals surface area contributed by atoms with Crippen molar-refractivity contribution in [1.29, 1.82) is 0 Å². The van der Waals surface area contributed by atoms with Crippen LogP contribution in [0, 0.1) is 0 Å². The Hall–Kier alpha value is -0.420. The predicted octanol–water partition coefficient (Wildman–Crippen LogP) is 5.08. The molecule has 0 aliphatic rings. The van der Waals surface area contributed by atoms with Crippen molar-refractivity contribution >= 4 is 13.7 Å². The molecule has 0 spiro atoms. The number of carbonyl (C=O) groups excluding carboxylic acids is 1. The second kappa shape index (κ2) is 18.0. The number of hydrogen-bond donors (Lipinski definition) is 3. The monoisotopic (exact) mass is 393 g/mol. The van der Waals surface area contributed by atoms with E-state index in [0.717, 1.165) is 12.8 Å². The summed E-state index contributed by atoms with van der Waals surface area (Å²) in [5, 5.41) is 2.59. The Labute approximate surface area is 159 Å². The van der Waals surface area contributed by atoms with E-state index < -0.39 is 7.82 Å². The molecule has 0 aromatic rings. The molecule has 0 aliphatic heterocycles. The van der Waals surface area contributed by atoms with Gasteiger partial charge in [0.25, 0.3) is 0 Å². The molecule has 0 aromatic carbocycles. The van der Waals surface area contributed by atoms with Crippen LogP contribution in [0.15, 0.2) is 0 Å². The van der Waals surface area contributed by atoms with E-state index in [2.05, 4.69) is 16.8 Å². The van der Waals surface area contributed by atoms with Crippen molar-refractivity contribution in [1.82, 2.24) is 5.32 Å². The lowest BCUT2D eigenvalue weighted by Gasteiger charge is -2.07. The van der Waals surface area contributed by atoms with Crippen molar-refractivity contribution in [3.05, 3.63) is 0 Å². The molecule has 0 saturated carbocycles. The summed E-state index contributed by atoms with van der Waals surface area (Å²) in [5.41, 5.74) is 0. The molecule has 0 aliphatic carbocycles. The summed E-state index contributed by atoms with van der Waals surface area (Å²) in [6.07, 6.45) is 18.4. The first-order valence-corrected chi connectivity index (χ1v) is 12.0. The summed E-state index contributed by atoms with van der Waals surface area (Å²) >= 11 is 0. The summed E-state index contributed by atoms with van der Waals surface area (Å²) in [4.78, 5) is 28.5. The molecule has 6 nitrogen and oxygen atoms in total. The van der Waals surface area contributed by atoms with Crippen molar-refractivity contribution < 1.29 is 23.7 Å². The van der Waals surface area contributed by atoms with Gasteiger partial charge in [0.15, 0.2) is 0 Å². The maximum Gasteiger partial charge on any atom is 0.469 e. The number of rotatable bonds is 19. The minimum Gasteiger partial charge on any atom is -0.354 e. The zero-order valence-corrected chi connectivity index (χ0v) is 17.5. The summed E-state index contributed by atoms with van der Waals surface area (Å²) in [6, 6.07) is 0. The van der Waals surface area contributed by atoms with Gasteiger partial charge < -0.3 is 15.1 Å².